The van der Waals surface area contributed by atoms with Gasteiger partial charge in [-0.3, -0.25) is 9.59 Å². The fourth-order valence-corrected chi connectivity index (χ4v) is 3.22. The van der Waals surface area contributed by atoms with Gasteiger partial charge in [0.15, 0.2) is 12.4 Å². The number of Topliss-reactive ketones (excluding diaryl/α,β-unsaturated/α-hetero) is 1. The molecule has 0 saturated heterocycles. The molecule has 0 N–H and O–H groups in total. The van der Waals surface area contributed by atoms with E-state index in [1.54, 1.807) is 37.6 Å². The van der Waals surface area contributed by atoms with Crippen LogP contribution < -0.4 is 4.74 Å². The number of ether oxygens (including phenoxy) is 2. The molecule has 0 saturated carbocycles. The molecule has 3 aromatic carbocycles. The number of furan rings is 1. The Kier molecular flexibility index (Phi) is 4.81. The van der Waals surface area contributed by atoms with E-state index in [9.17, 15) is 9.59 Å². The lowest BCUT2D eigenvalue weighted by Crippen LogP contribution is -2.15. The average molecular weight is 374 g/mol. The third-order valence-electron chi connectivity index (χ3n) is 4.65. The van der Waals surface area contributed by atoms with E-state index in [4.69, 9.17) is 13.9 Å². The van der Waals surface area contributed by atoms with E-state index in [2.05, 4.69) is 0 Å². The number of esters is 1. The molecule has 140 valence electrons. The summed E-state index contributed by atoms with van der Waals surface area (Å²) in [5.41, 5.74) is 1.93. The molecule has 0 amide bonds. The molecular formula is C23H18O5. The Hall–Kier alpha value is -3.60. The predicted molar refractivity (Wildman–Crippen MR) is 106 cm³/mol. The molecule has 4 aromatic rings. The highest BCUT2D eigenvalue weighted by Crippen LogP contribution is 2.30. The maximum absolute atomic E-state index is 12.3. The maximum atomic E-state index is 12.3. The van der Waals surface area contributed by atoms with Crippen LogP contribution in [0, 0.1) is 0 Å². The van der Waals surface area contributed by atoms with Gasteiger partial charge in [-0.05, 0) is 41.1 Å². The third kappa shape index (κ3) is 3.47. The van der Waals surface area contributed by atoms with Gasteiger partial charge in [0.1, 0.15) is 11.3 Å². The number of fused-ring (bicyclic) bond motifs is 3. The van der Waals surface area contributed by atoms with Crippen LogP contribution in [0.1, 0.15) is 15.9 Å². The van der Waals surface area contributed by atoms with Crippen LogP contribution in [-0.2, 0) is 16.0 Å². The minimum Gasteiger partial charge on any atom is -0.497 e. The van der Waals surface area contributed by atoms with E-state index in [1.165, 1.54) is 0 Å². The molecule has 0 spiro atoms. The van der Waals surface area contributed by atoms with Crippen molar-refractivity contribution < 1.29 is 23.5 Å². The van der Waals surface area contributed by atoms with Gasteiger partial charge in [-0.15, -0.1) is 0 Å². The van der Waals surface area contributed by atoms with Gasteiger partial charge < -0.3 is 13.9 Å². The maximum Gasteiger partial charge on any atom is 0.310 e. The van der Waals surface area contributed by atoms with Crippen LogP contribution in [0.15, 0.2) is 71.3 Å². The van der Waals surface area contributed by atoms with Crippen LogP contribution in [-0.4, -0.2) is 25.5 Å². The van der Waals surface area contributed by atoms with Crippen LogP contribution in [0.2, 0.25) is 0 Å². The number of hydrogen-bond acceptors (Lipinski definition) is 5. The topological polar surface area (TPSA) is 65.7 Å². The lowest BCUT2D eigenvalue weighted by atomic mass is 10.0. The standard InChI is InChI=1S/C23H18O5/c1-26-18-9-6-16(7-10-18)20(24)14-28-22(25)12-17-13-27-21-11-8-15-4-2-3-5-19(15)23(17)21/h2-11,13H,12,14H2,1H3. The minimum atomic E-state index is -0.475. The first-order valence-corrected chi connectivity index (χ1v) is 8.86. The second kappa shape index (κ2) is 7.56. The van der Waals surface area contributed by atoms with Crippen molar-refractivity contribution in [2.75, 3.05) is 13.7 Å². The van der Waals surface area contributed by atoms with Gasteiger partial charge >= 0.3 is 5.97 Å². The Labute approximate surface area is 161 Å². The molecular weight excluding hydrogens is 356 g/mol. The average Bonchev–Trinajstić information content (AvgIpc) is 3.15. The van der Waals surface area contributed by atoms with Gasteiger partial charge in [0, 0.05) is 16.5 Å². The van der Waals surface area contributed by atoms with E-state index in [0.29, 0.717) is 11.3 Å². The summed E-state index contributed by atoms with van der Waals surface area (Å²) in [6, 6.07) is 18.5. The van der Waals surface area contributed by atoms with Crippen LogP contribution in [0.25, 0.3) is 21.7 Å². The first kappa shape index (κ1) is 17.8. The van der Waals surface area contributed by atoms with Gasteiger partial charge in [-0.25, -0.2) is 0 Å². The van der Waals surface area contributed by atoms with Crippen molar-refractivity contribution in [2.45, 2.75) is 6.42 Å². The fourth-order valence-electron chi connectivity index (χ4n) is 3.22. The number of benzene rings is 3. The van der Waals surface area contributed by atoms with Gasteiger partial charge in [0.2, 0.25) is 0 Å². The monoisotopic (exact) mass is 374 g/mol. The summed E-state index contributed by atoms with van der Waals surface area (Å²) in [7, 11) is 1.56. The van der Waals surface area contributed by atoms with Crippen LogP contribution in [0.4, 0.5) is 0 Å². The van der Waals surface area contributed by atoms with Gasteiger partial charge in [0.05, 0.1) is 19.8 Å². The Morgan fingerprint density at radius 1 is 0.964 bits per heavy atom. The van der Waals surface area contributed by atoms with E-state index in [-0.39, 0.29) is 18.8 Å². The third-order valence-corrected chi connectivity index (χ3v) is 4.65. The molecule has 0 atom stereocenters. The molecule has 0 aliphatic heterocycles. The molecule has 1 heterocycles. The lowest BCUT2D eigenvalue weighted by Gasteiger charge is -2.05. The summed E-state index contributed by atoms with van der Waals surface area (Å²) >= 11 is 0. The molecule has 5 nitrogen and oxygen atoms in total. The molecule has 28 heavy (non-hydrogen) atoms. The number of carbonyl (C=O) groups excluding carboxylic acids is 2. The Balaban J connectivity index is 1.46. The number of methoxy groups -OCH3 is 1. The molecule has 0 aliphatic carbocycles. The highest BCUT2D eigenvalue weighted by molar-refractivity contribution is 6.08. The summed E-state index contributed by atoms with van der Waals surface area (Å²) in [4.78, 5) is 24.5. The molecule has 5 heteroatoms. The molecule has 0 radical (unpaired) electrons. The second-order valence-corrected chi connectivity index (χ2v) is 6.41. The first-order valence-electron chi connectivity index (χ1n) is 8.86. The summed E-state index contributed by atoms with van der Waals surface area (Å²) in [5.74, 6) is -0.0800. The zero-order chi connectivity index (χ0) is 19.5. The van der Waals surface area contributed by atoms with E-state index in [0.717, 1.165) is 27.3 Å². The normalized spacial score (nSPS) is 10.9. The largest absolute Gasteiger partial charge is 0.497 e. The van der Waals surface area contributed by atoms with Crippen molar-refractivity contribution in [3.8, 4) is 5.75 Å². The van der Waals surface area contributed by atoms with Gasteiger partial charge in [0.25, 0.3) is 0 Å². The van der Waals surface area contributed by atoms with Crippen LogP contribution in [0.5, 0.6) is 5.75 Å². The molecule has 0 fully saturated rings. The highest BCUT2D eigenvalue weighted by atomic mass is 16.5. The Morgan fingerprint density at radius 2 is 1.75 bits per heavy atom. The number of ketones is 1. The smallest absolute Gasteiger partial charge is 0.310 e. The van der Waals surface area contributed by atoms with Crippen molar-refractivity contribution in [3.63, 3.8) is 0 Å². The van der Waals surface area contributed by atoms with Crippen molar-refractivity contribution >= 4 is 33.5 Å². The van der Waals surface area contributed by atoms with Crippen molar-refractivity contribution in [1.29, 1.82) is 0 Å². The van der Waals surface area contributed by atoms with Gasteiger partial charge in [-0.2, -0.15) is 0 Å². The van der Waals surface area contributed by atoms with Crippen molar-refractivity contribution in [2.24, 2.45) is 0 Å². The quantitative estimate of drug-likeness (QED) is 0.366. The first-order chi connectivity index (χ1) is 13.7. The van der Waals surface area contributed by atoms with E-state index < -0.39 is 5.97 Å². The van der Waals surface area contributed by atoms with Crippen molar-refractivity contribution in [1.82, 2.24) is 0 Å². The summed E-state index contributed by atoms with van der Waals surface area (Å²) in [6.07, 6.45) is 1.61. The van der Waals surface area contributed by atoms with Crippen molar-refractivity contribution in [3.05, 3.63) is 78.1 Å². The van der Waals surface area contributed by atoms with E-state index >= 15 is 0 Å². The number of hydrogen-bond donors (Lipinski definition) is 0. The molecule has 1 aromatic heterocycles. The highest BCUT2D eigenvalue weighted by Gasteiger charge is 2.15. The van der Waals surface area contributed by atoms with Crippen LogP contribution >= 0.6 is 0 Å². The van der Waals surface area contributed by atoms with Gasteiger partial charge in [-0.1, -0.05) is 30.3 Å². The SMILES string of the molecule is COc1ccc(C(=O)COC(=O)Cc2coc3ccc4ccccc4c23)cc1. The van der Waals surface area contributed by atoms with Crippen LogP contribution in [0.3, 0.4) is 0 Å². The molecule has 0 bridgehead atoms. The Bertz CT molecular complexity index is 1150. The summed E-state index contributed by atoms with van der Waals surface area (Å²) < 4.78 is 15.8. The van der Waals surface area contributed by atoms with E-state index in [1.807, 2.05) is 36.4 Å². The second-order valence-electron chi connectivity index (χ2n) is 6.41. The zero-order valence-electron chi connectivity index (χ0n) is 15.3. The molecule has 0 unspecified atom stereocenters. The minimum absolute atomic E-state index is 0.0386. The molecule has 0 aliphatic rings. The predicted octanol–water partition coefficient (Wildman–Crippen LogP) is 4.56. The molecule has 4 rings (SSSR count). The summed E-state index contributed by atoms with van der Waals surface area (Å²) in [5, 5.41) is 2.99. The zero-order valence-corrected chi connectivity index (χ0v) is 15.3. The fraction of sp³-hybridized carbons (Fsp3) is 0.130. The summed E-state index contributed by atoms with van der Waals surface area (Å²) in [6.45, 7) is -0.304. The Morgan fingerprint density at radius 3 is 2.54 bits per heavy atom. The lowest BCUT2D eigenvalue weighted by molar-refractivity contribution is -0.141. The number of carbonyl (C=O) groups is 2. The number of rotatable bonds is 6.